The van der Waals surface area contributed by atoms with Gasteiger partial charge in [-0.15, -0.1) is 5.10 Å². The van der Waals surface area contributed by atoms with Crippen LogP contribution in [0.3, 0.4) is 0 Å². The van der Waals surface area contributed by atoms with Gasteiger partial charge in [0.05, 0.1) is 24.7 Å². The molecule has 31 heavy (non-hydrogen) atoms. The lowest BCUT2D eigenvalue weighted by atomic mass is 10.3. The first-order chi connectivity index (χ1) is 14.7. The lowest BCUT2D eigenvalue weighted by Crippen LogP contribution is -2.40. The molecule has 0 aliphatic carbocycles. The first kappa shape index (κ1) is 21.6. The Labute approximate surface area is 184 Å². The fourth-order valence-corrected chi connectivity index (χ4v) is 5.24. The van der Waals surface area contributed by atoms with Crippen LogP contribution in [0.15, 0.2) is 29.2 Å². The highest BCUT2D eigenvalue weighted by Gasteiger charge is 2.28. The van der Waals surface area contributed by atoms with Crippen molar-refractivity contribution < 1.29 is 17.9 Å². The molecule has 1 aliphatic rings. The summed E-state index contributed by atoms with van der Waals surface area (Å²) in [7, 11) is -3.80. The van der Waals surface area contributed by atoms with E-state index in [0.29, 0.717) is 30.5 Å². The Balaban J connectivity index is 1.52. The van der Waals surface area contributed by atoms with Crippen LogP contribution in [0.2, 0.25) is 5.02 Å². The number of fused-ring (bicyclic) bond motifs is 1. The lowest BCUT2D eigenvalue weighted by molar-refractivity contribution is -0.115. The second-order valence-electron chi connectivity index (χ2n) is 7.17. The van der Waals surface area contributed by atoms with Gasteiger partial charge in [-0.25, -0.2) is 17.9 Å². The number of amides is 1. The molecule has 0 radical (unpaired) electrons. The zero-order chi connectivity index (χ0) is 22.2. The number of hydrogen-bond acceptors (Lipinski definition) is 7. The van der Waals surface area contributed by atoms with Crippen LogP contribution in [0.1, 0.15) is 17.2 Å². The predicted octanol–water partition coefficient (Wildman–Crippen LogP) is 1.60. The van der Waals surface area contributed by atoms with Gasteiger partial charge in [0.15, 0.2) is 5.82 Å². The number of morpholine rings is 1. The molecule has 0 spiro atoms. The van der Waals surface area contributed by atoms with Gasteiger partial charge in [0, 0.05) is 30.2 Å². The molecule has 1 fully saturated rings. The van der Waals surface area contributed by atoms with Gasteiger partial charge < -0.3 is 10.1 Å². The molecule has 1 N–H and O–H groups in total. The highest BCUT2D eigenvalue weighted by Crippen LogP contribution is 2.28. The lowest BCUT2D eigenvalue weighted by Gasteiger charge is -2.26. The molecule has 12 heteroatoms. The van der Waals surface area contributed by atoms with Gasteiger partial charge in [-0.2, -0.15) is 9.29 Å². The van der Waals surface area contributed by atoms with Gasteiger partial charge in [0.2, 0.25) is 15.9 Å². The number of aromatic nitrogens is 4. The normalized spacial score (nSPS) is 15.3. The Morgan fingerprint density at radius 3 is 2.68 bits per heavy atom. The van der Waals surface area contributed by atoms with Crippen molar-refractivity contribution in [2.75, 3.05) is 31.6 Å². The van der Waals surface area contributed by atoms with Gasteiger partial charge >= 0.3 is 0 Å². The molecule has 4 rings (SSSR count). The third-order valence-electron chi connectivity index (χ3n) is 4.78. The van der Waals surface area contributed by atoms with Gasteiger partial charge in [-0.05, 0) is 38.1 Å². The summed E-state index contributed by atoms with van der Waals surface area (Å²) in [5.41, 5.74) is 1.98. The van der Waals surface area contributed by atoms with E-state index in [4.69, 9.17) is 16.3 Å². The summed E-state index contributed by atoms with van der Waals surface area (Å²) in [4.78, 5) is 21.1. The van der Waals surface area contributed by atoms with Crippen molar-refractivity contribution in [3.8, 4) is 0 Å². The SMILES string of the molecule is Cc1cc(C)n2nc(CC(=O)Nc3ccc(Cl)c(S(=O)(=O)N4CCOCC4)c3)nc2n1. The van der Waals surface area contributed by atoms with Crippen LogP contribution in [0, 0.1) is 13.8 Å². The van der Waals surface area contributed by atoms with Gasteiger partial charge in [-0.1, -0.05) is 11.6 Å². The van der Waals surface area contributed by atoms with Crippen molar-refractivity contribution in [1.82, 2.24) is 23.9 Å². The molecule has 0 unspecified atom stereocenters. The van der Waals surface area contributed by atoms with E-state index in [1.54, 1.807) is 10.6 Å². The summed E-state index contributed by atoms with van der Waals surface area (Å²) in [6.07, 6.45) is -0.0873. The van der Waals surface area contributed by atoms with E-state index >= 15 is 0 Å². The monoisotopic (exact) mass is 464 g/mol. The standard InChI is InChI=1S/C19H21ClN6O4S/c1-12-9-13(2)26-19(21-12)23-17(24-26)11-18(27)22-14-3-4-15(20)16(10-14)31(28,29)25-5-7-30-8-6-25/h3-4,9-10H,5-8,11H2,1-2H3,(H,22,27). The van der Waals surface area contributed by atoms with E-state index in [1.165, 1.54) is 16.4 Å². The zero-order valence-electron chi connectivity index (χ0n) is 17.0. The first-order valence-electron chi connectivity index (χ1n) is 9.61. The Hall–Kier alpha value is -2.60. The van der Waals surface area contributed by atoms with Crippen LogP contribution < -0.4 is 5.32 Å². The van der Waals surface area contributed by atoms with Crippen LogP contribution >= 0.6 is 11.6 Å². The summed E-state index contributed by atoms with van der Waals surface area (Å²) in [5, 5.41) is 7.09. The van der Waals surface area contributed by atoms with Crippen LogP contribution in [-0.4, -0.2) is 64.5 Å². The number of hydrogen-bond donors (Lipinski definition) is 1. The molecule has 0 saturated carbocycles. The number of halogens is 1. The van der Waals surface area contributed by atoms with Crippen molar-refractivity contribution in [3.05, 3.63) is 46.5 Å². The van der Waals surface area contributed by atoms with E-state index in [1.807, 2.05) is 19.9 Å². The molecule has 10 nitrogen and oxygen atoms in total. The highest BCUT2D eigenvalue weighted by molar-refractivity contribution is 7.89. The summed E-state index contributed by atoms with van der Waals surface area (Å²) < 4.78 is 34.0. The van der Waals surface area contributed by atoms with Crippen molar-refractivity contribution >= 4 is 39.0 Å². The summed E-state index contributed by atoms with van der Waals surface area (Å²) >= 11 is 6.16. The molecule has 0 atom stereocenters. The number of carbonyl (C=O) groups is 1. The maximum Gasteiger partial charge on any atom is 0.252 e. The fraction of sp³-hybridized carbons (Fsp3) is 0.368. The Morgan fingerprint density at radius 2 is 1.94 bits per heavy atom. The third-order valence-corrected chi connectivity index (χ3v) is 7.16. The molecule has 2 aromatic heterocycles. The number of nitrogens with zero attached hydrogens (tertiary/aromatic N) is 5. The molecule has 1 aromatic carbocycles. The van der Waals surface area contributed by atoms with Gasteiger partial charge in [0.1, 0.15) is 4.90 Å². The average Bonchev–Trinajstić information content (AvgIpc) is 3.12. The van der Waals surface area contributed by atoms with E-state index in [2.05, 4.69) is 20.4 Å². The minimum atomic E-state index is -3.80. The third kappa shape index (κ3) is 4.54. The molecule has 0 bridgehead atoms. The quantitative estimate of drug-likeness (QED) is 0.609. The molecule has 1 aliphatic heterocycles. The maximum absolute atomic E-state index is 12.9. The van der Waals surface area contributed by atoms with Crippen molar-refractivity contribution in [2.45, 2.75) is 25.2 Å². The maximum atomic E-state index is 12.9. The molecule has 3 aromatic rings. The second-order valence-corrected chi connectivity index (χ2v) is 9.48. The molecule has 1 amide bonds. The number of sulfonamides is 1. The summed E-state index contributed by atoms with van der Waals surface area (Å²) in [6.45, 7) is 4.89. The van der Waals surface area contributed by atoms with Gasteiger partial charge in [0.25, 0.3) is 5.78 Å². The number of benzene rings is 1. The Morgan fingerprint density at radius 1 is 1.19 bits per heavy atom. The minimum Gasteiger partial charge on any atom is -0.379 e. The number of rotatable bonds is 5. The smallest absolute Gasteiger partial charge is 0.252 e. The van der Waals surface area contributed by atoms with Crippen LogP contribution in [0.4, 0.5) is 5.69 Å². The summed E-state index contributed by atoms with van der Waals surface area (Å²) in [5.74, 6) is 0.349. The minimum absolute atomic E-state index is 0.0602. The van der Waals surface area contributed by atoms with Crippen molar-refractivity contribution in [3.63, 3.8) is 0 Å². The molecule has 164 valence electrons. The van der Waals surface area contributed by atoms with Crippen LogP contribution in [0.25, 0.3) is 5.78 Å². The average molecular weight is 465 g/mol. The van der Waals surface area contributed by atoms with E-state index in [9.17, 15) is 13.2 Å². The number of ether oxygens (including phenoxy) is 1. The van der Waals surface area contributed by atoms with E-state index in [-0.39, 0.29) is 35.3 Å². The topological polar surface area (TPSA) is 119 Å². The van der Waals surface area contributed by atoms with Gasteiger partial charge in [-0.3, -0.25) is 4.79 Å². The van der Waals surface area contributed by atoms with Crippen LogP contribution in [0.5, 0.6) is 0 Å². The predicted molar refractivity (Wildman–Crippen MR) is 114 cm³/mol. The second kappa shape index (κ2) is 8.50. The molecule has 3 heterocycles. The molecule has 1 saturated heterocycles. The molecular weight excluding hydrogens is 444 g/mol. The summed E-state index contributed by atoms with van der Waals surface area (Å²) in [6, 6.07) is 6.22. The largest absolute Gasteiger partial charge is 0.379 e. The fourth-order valence-electron chi connectivity index (χ4n) is 3.34. The zero-order valence-corrected chi connectivity index (χ0v) is 18.6. The number of nitrogens with one attached hydrogen (secondary N) is 1. The van der Waals surface area contributed by atoms with Crippen LogP contribution in [-0.2, 0) is 26.0 Å². The van der Waals surface area contributed by atoms with E-state index in [0.717, 1.165) is 11.4 Å². The molecular formula is C19H21ClN6O4S. The number of carbonyl (C=O) groups excluding carboxylic acids is 1. The number of aryl methyl sites for hydroxylation is 2. The van der Waals surface area contributed by atoms with Crippen molar-refractivity contribution in [1.29, 1.82) is 0 Å². The van der Waals surface area contributed by atoms with E-state index < -0.39 is 10.0 Å². The highest BCUT2D eigenvalue weighted by atomic mass is 35.5. The Bertz CT molecular complexity index is 1250. The van der Waals surface area contributed by atoms with Crippen molar-refractivity contribution in [2.24, 2.45) is 0 Å². The number of anilines is 1. The first-order valence-corrected chi connectivity index (χ1v) is 11.4. The Kier molecular flexibility index (Phi) is 5.93.